The standard InChI is InChI=1S/2C5H5.C3H7O.C2H4.2ClH.Zr/c2*1-2-4-5-3-1;1-2-3-4;1-2;;;/h2*1-3H,4H2;4H,1-3H2;1H,2H3;2*1H;/q3*-1;;;;. The van der Waals surface area contributed by atoms with Gasteiger partial charge < -0.3 is 12.0 Å². The summed E-state index contributed by atoms with van der Waals surface area (Å²) in [5.41, 5.74) is 0. The van der Waals surface area contributed by atoms with Crippen molar-refractivity contribution in [3.8, 4) is 0 Å². The Morgan fingerprint density at radius 1 is 1.16 bits per heavy atom. The van der Waals surface area contributed by atoms with Crippen LogP contribution in [0.2, 0.25) is 0 Å². The molecule has 0 atom stereocenters. The molecule has 0 aromatic carbocycles. The van der Waals surface area contributed by atoms with Gasteiger partial charge in [-0.2, -0.15) is 18.6 Å². The van der Waals surface area contributed by atoms with Gasteiger partial charge in [0.05, 0.1) is 0 Å². The van der Waals surface area contributed by atoms with E-state index in [-0.39, 0.29) is 31.4 Å². The summed E-state index contributed by atoms with van der Waals surface area (Å²) in [5, 5.41) is 7.81. The maximum absolute atomic E-state index is 7.81. The molecule has 0 spiro atoms. The maximum Gasteiger partial charge on any atom is 0.0159 e. The van der Waals surface area contributed by atoms with Gasteiger partial charge in [-0.3, -0.25) is 12.2 Å². The first-order valence-electron chi connectivity index (χ1n) is 5.62. The second-order valence-corrected chi connectivity index (χ2v) is 4.29. The minimum atomic E-state index is 0. The van der Waals surface area contributed by atoms with Gasteiger partial charge in [-0.1, -0.05) is 0 Å². The molecule has 2 aliphatic carbocycles. The van der Waals surface area contributed by atoms with Crippen molar-refractivity contribution in [2.75, 3.05) is 6.61 Å². The van der Waals surface area contributed by atoms with Gasteiger partial charge >= 0.3 is 34.9 Å². The third-order valence-corrected chi connectivity index (χ3v) is 1.33. The maximum atomic E-state index is 7.81. The predicted molar refractivity (Wildman–Crippen MR) is 86.4 cm³/mol. The van der Waals surface area contributed by atoms with Gasteiger partial charge in [-0.25, -0.2) is 24.3 Å². The van der Waals surface area contributed by atoms with Crippen LogP contribution < -0.4 is 0 Å². The molecule has 110 valence electrons. The zero-order valence-corrected chi connectivity index (χ0v) is 15.4. The van der Waals surface area contributed by atoms with E-state index >= 15 is 0 Å². The zero-order chi connectivity index (χ0) is 13.2. The van der Waals surface area contributed by atoms with Crippen molar-refractivity contribution in [2.45, 2.75) is 26.2 Å². The summed E-state index contributed by atoms with van der Waals surface area (Å²) in [6.45, 7) is 5.60. The predicted octanol–water partition coefficient (Wildman–Crippen LogP) is 4.01. The molecule has 0 bridgehead atoms. The number of rotatable bonds is 1. The molecular weight excluding hydrogens is 358 g/mol. The minimum Gasteiger partial charge on any atom is -0.399 e. The van der Waals surface area contributed by atoms with Crippen LogP contribution in [-0.2, 0) is 24.2 Å². The number of hydrogen-bond acceptors (Lipinski definition) is 1. The molecule has 0 fully saturated rings. The molecule has 0 saturated carbocycles. The average molecular weight is 381 g/mol. The van der Waals surface area contributed by atoms with Crippen molar-refractivity contribution < 1.29 is 29.3 Å². The fraction of sp³-hybridized carbons (Fsp3) is 0.333. The third kappa shape index (κ3) is 38.1. The Morgan fingerprint density at radius 3 is 1.53 bits per heavy atom. The van der Waals surface area contributed by atoms with E-state index in [9.17, 15) is 0 Å². The van der Waals surface area contributed by atoms with Gasteiger partial charge in [0.25, 0.3) is 0 Å². The van der Waals surface area contributed by atoms with E-state index in [1.165, 1.54) is 24.2 Å². The monoisotopic (exact) mass is 379 g/mol. The first kappa shape index (κ1) is 27.6. The summed E-state index contributed by atoms with van der Waals surface area (Å²) in [6, 6.07) is 0. The van der Waals surface area contributed by atoms with E-state index in [0.29, 0.717) is 6.42 Å². The second kappa shape index (κ2) is 30.9. The van der Waals surface area contributed by atoms with Crippen molar-refractivity contribution in [3.63, 3.8) is 0 Å². The van der Waals surface area contributed by atoms with Crippen LogP contribution in [0.4, 0.5) is 0 Å². The van der Waals surface area contributed by atoms with E-state index in [1.54, 1.807) is 0 Å². The molecule has 0 aromatic heterocycles. The van der Waals surface area contributed by atoms with Crippen LogP contribution in [0, 0.1) is 19.1 Å². The summed E-state index contributed by atoms with van der Waals surface area (Å²) in [6.07, 6.45) is 20.6. The Bertz CT molecular complexity index is 215. The van der Waals surface area contributed by atoms with Crippen LogP contribution in [0.1, 0.15) is 26.2 Å². The van der Waals surface area contributed by atoms with E-state index < -0.39 is 0 Å². The van der Waals surface area contributed by atoms with Crippen LogP contribution in [0.5, 0.6) is 0 Å². The second-order valence-electron chi connectivity index (χ2n) is 2.87. The molecule has 1 nitrogen and oxygen atoms in total. The SMILES string of the molecule is C[CH]=[Zr].Cl.Cl.[C-]1=CC=CC1.[C-]1=CC=CC1.[CH2-]CCO. The van der Waals surface area contributed by atoms with Crippen LogP contribution in [0.25, 0.3) is 0 Å². The first-order valence-corrected chi connectivity index (χ1v) is 7.04. The molecule has 19 heavy (non-hydrogen) atoms. The molecule has 1 N–H and O–H groups in total. The van der Waals surface area contributed by atoms with Crippen LogP contribution in [0.15, 0.2) is 36.5 Å². The fourth-order valence-corrected chi connectivity index (χ4v) is 0.680. The minimum absolute atomic E-state index is 0. The van der Waals surface area contributed by atoms with E-state index in [1.807, 2.05) is 31.2 Å². The number of aliphatic hydroxyl groups is 1. The summed E-state index contributed by atoms with van der Waals surface area (Å²) in [4.78, 5) is 0. The molecule has 0 aliphatic heterocycles. The molecule has 0 saturated heterocycles. The molecular formula is C15H23Cl2OZr-3. The number of aliphatic hydroxyl groups excluding tert-OH is 1. The van der Waals surface area contributed by atoms with Crippen molar-refractivity contribution >= 4 is 28.5 Å². The normalized spacial score (nSPS) is 11.5. The topological polar surface area (TPSA) is 20.2 Å². The van der Waals surface area contributed by atoms with Gasteiger partial charge in [0, 0.05) is 6.61 Å². The smallest absolute Gasteiger partial charge is 0.0159 e. The zero-order valence-electron chi connectivity index (χ0n) is 11.3. The van der Waals surface area contributed by atoms with Crippen molar-refractivity contribution in [2.24, 2.45) is 0 Å². The Balaban J connectivity index is -0.0000000779. The van der Waals surface area contributed by atoms with Gasteiger partial charge in [0.1, 0.15) is 0 Å². The Hall–Kier alpha value is 0.253. The van der Waals surface area contributed by atoms with Crippen molar-refractivity contribution in [3.05, 3.63) is 55.5 Å². The molecule has 2 aliphatic rings. The van der Waals surface area contributed by atoms with Gasteiger partial charge in [-0.05, 0) is 0 Å². The number of hydrogen-bond donors (Lipinski definition) is 1. The molecule has 0 unspecified atom stereocenters. The quantitative estimate of drug-likeness (QED) is 0.681. The summed E-state index contributed by atoms with van der Waals surface area (Å²) >= 11 is 1.51. The van der Waals surface area contributed by atoms with Gasteiger partial charge in [-0.15, -0.1) is 37.7 Å². The van der Waals surface area contributed by atoms with Crippen LogP contribution in [-0.4, -0.2) is 15.4 Å². The number of halogens is 2. The van der Waals surface area contributed by atoms with Gasteiger partial charge in [0.2, 0.25) is 0 Å². The average Bonchev–Trinajstić information content (AvgIpc) is 3.06. The Morgan fingerprint density at radius 2 is 1.47 bits per heavy atom. The fourth-order valence-electron chi connectivity index (χ4n) is 0.680. The van der Waals surface area contributed by atoms with E-state index in [0.717, 1.165) is 12.8 Å². The van der Waals surface area contributed by atoms with Crippen LogP contribution >= 0.6 is 24.8 Å². The van der Waals surface area contributed by atoms with E-state index in [2.05, 4.69) is 34.9 Å². The molecule has 0 radical (unpaired) electrons. The Labute approximate surface area is 145 Å². The summed E-state index contributed by atoms with van der Waals surface area (Å²) in [5.74, 6) is 0. The summed E-state index contributed by atoms with van der Waals surface area (Å²) in [7, 11) is 0. The van der Waals surface area contributed by atoms with Gasteiger partial charge in [0.15, 0.2) is 0 Å². The molecule has 0 heterocycles. The van der Waals surface area contributed by atoms with E-state index in [4.69, 9.17) is 5.11 Å². The number of allylic oxidation sites excluding steroid dienone is 8. The summed E-state index contributed by atoms with van der Waals surface area (Å²) < 4.78 is 2.09. The van der Waals surface area contributed by atoms with Crippen LogP contribution in [0.3, 0.4) is 0 Å². The Kier molecular flexibility index (Phi) is 44.9. The third-order valence-electron chi connectivity index (χ3n) is 1.33. The largest absolute Gasteiger partial charge is 0.399 e. The first-order chi connectivity index (χ1) is 8.33. The molecule has 2 rings (SSSR count). The molecule has 0 aromatic rings. The van der Waals surface area contributed by atoms with Crippen molar-refractivity contribution in [1.82, 2.24) is 0 Å². The van der Waals surface area contributed by atoms with Crippen molar-refractivity contribution in [1.29, 1.82) is 0 Å². The molecule has 0 amide bonds. The molecule has 4 heteroatoms.